The number of ether oxygens (including phenoxy) is 1. The number of carboxylic acid groups (broad SMARTS) is 1. The summed E-state index contributed by atoms with van der Waals surface area (Å²) in [6.45, 7) is 6.12. The molecule has 1 fully saturated rings. The molecule has 0 spiro atoms. The van der Waals surface area contributed by atoms with Crippen LogP contribution in [0.15, 0.2) is 60.8 Å². The summed E-state index contributed by atoms with van der Waals surface area (Å²) in [5.41, 5.74) is 10.9. The molecule has 38 heavy (non-hydrogen) atoms. The van der Waals surface area contributed by atoms with E-state index in [4.69, 9.17) is 10.5 Å². The lowest BCUT2D eigenvalue weighted by Crippen LogP contribution is -2.35. The van der Waals surface area contributed by atoms with Gasteiger partial charge in [-0.05, 0) is 36.2 Å². The van der Waals surface area contributed by atoms with E-state index in [2.05, 4.69) is 20.2 Å². The van der Waals surface area contributed by atoms with Crippen molar-refractivity contribution in [1.29, 1.82) is 0 Å². The molecule has 2 aromatic carbocycles. The summed E-state index contributed by atoms with van der Waals surface area (Å²) >= 11 is 0. The number of hydrogen-bond acceptors (Lipinski definition) is 6. The predicted molar refractivity (Wildman–Crippen MR) is 146 cm³/mol. The van der Waals surface area contributed by atoms with Gasteiger partial charge in [0.15, 0.2) is 0 Å². The van der Waals surface area contributed by atoms with E-state index in [0.29, 0.717) is 34.4 Å². The minimum Gasteiger partial charge on any atom is -0.477 e. The number of benzene rings is 2. The number of rotatable bonds is 8. The number of nitrogens with two attached hydrogens (primary N) is 1. The van der Waals surface area contributed by atoms with E-state index in [1.807, 2.05) is 54.6 Å². The zero-order valence-electron chi connectivity index (χ0n) is 21.2. The maximum Gasteiger partial charge on any atom is 0.352 e. The number of aromatic carboxylic acids is 1. The van der Waals surface area contributed by atoms with Gasteiger partial charge in [0.05, 0.1) is 30.3 Å². The van der Waals surface area contributed by atoms with E-state index in [0.717, 1.165) is 49.5 Å². The van der Waals surface area contributed by atoms with E-state index < -0.39 is 11.9 Å². The average Bonchev–Trinajstić information content (AvgIpc) is 3.34. The molecule has 1 unspecified atom stereocenters. The van der Waals surface area contributed by atoms with E-state index in [1.54, 1.807) is 13.1 Å². The Labute approximate surface area is 220 Å². The number of para-hydroxylation sites is 1. The molecule has 0 saturated carbocycles. The zero-order valence-corrected chi connectivity index (χ0v) is 21.2. The van der Waals surface area contributed by atoms with Crippen molar-refractivity contribution in [3.8, 4) is 11.1 Å². The third-order valence-corrected chi connectivity index (χ3v) is 7.00. The summed E-state index contributed by atoms with van der Waals surface area (Å²) in [6, 6.07) is 16.8. The number of aromatic nitrogens is 2. The Hall–Kier alpha value is -4.05. The van der Waals surface area contributed by atoms with Gasteiger partial charge < -0.3 is 25.9 Å². The van der Waals surface area contributed by atoms with Crippen LogP contribution in [0.1, 0.15) is 40.2 Å². The number of aromatic amines is 1. The van der Waals surface area contributed by atoms with Gasteiger partial charge in [0, 0.05) is 54.6 Å². The number of nitrogens with one attached hydrogen (secondary N) is 2. The Balaban J connectivity index is 1.44. The number of carbonyl (C=O) groups is 2. The fourth-order valence-electron chi connectivity index (χ4n) is 4.83. The summed E-state index contributed by atoms with van der Waals surface area (Å²) < 4.78 is 5.41. The van der Waals surface area contributed by atoms with Gasteiger partial charge in [-0.25, -0.2) is 4.79 Å². The monoisotopic (exact) mass is 513 g/mol. The molecule has 9 heteroatoms. The third-order valence-electron chi connectivity index (χ3n) is 7.00. The van der Waals surface area contributed by atoms with Crippen LogP contribution >= 0.6 is 0 Å². The van der Waals surface area contributed by atoms with Crippen LogP contribution in [0.3, 0.4) is 0 Å². The summed E-state index contributed by atoms with van der Waals surface area (Å²) in [7, 11) is 0. The summed E-state index contributed by atoms with van der Waals surface area (Å²) in [5.74, 6) is -1.80. The Bertz CT molecular complexity index is 1440. The molecule has 2 aromatic heterocycles. The molecule has 3 heterocycles. The van der Waals surface area contributed by atoms with Crippen molar-refractivity contribution in [2.24, 2.45) is 5.73 Å². The second kappa shape index (κ2) is 11.1. The zero-order chi connectivity index (χ0) is 26.6. The van der Waals surface area contributed by atoms with Crippen molar-refractivity contribution in [2.45, 2.75) is 25.9 Å². The molecule has 1 atom stereocenters. The van der Waals surface area contributed by atoms with Gasteiger partial charge in [0.25, 0.3) is 0 Å². The van der Waals surface area contributed by atoms with Gasteiger partial charge in [-0.1, -0.05) is 36.4 Å². The maximum atomic E-state index is 13.1. The number of nitrogens with zero attached hydrogens (tertiary/aromatic N) is 2. The molecule has 5 rings (SSSR count). The van der Waals surface area contributed by atoms with Crippen LogP contribution in [0, 0.1) is 0 Å². The molecule has 1 aliphatic heterocycles. The minimum atomic E-state index is -1.07. The topological polar surface area (TPSA) is 134 Å². The molecule has 4 aromatic rings. The first-order valence-corrected chi connectivity index (χ1v) is 12.7. The number of amides is 1. The Morgan fingerprint density at radius 2 is 1.89 bits per heavy atom. The first-order chi connectivity index (χ1) is 18.4. The van der Waals surface area contributed by atoms with Crippen molar-refractivity contribution in [1.82, 2.24) is 14.9 Å². The van der Waals surface area contributed by atoms with E-state index >= 15 is 0 Å². The smallest absolute Gasteiger partial charge is 0.352 e. The van der Waals surface area contributed by atoms with E-state index in [1.165, 1.54) is 0 Å². The summed E-state index contributed by atoms with van der Waals surface area (Å²) in [4.78, 5) is 35.3. The highest BCUT2D eigenvalue weighted by Gasteiger charge is 2.24. The number of carbonyl (C=O) groups excluding carboxylic acids is 1. The highest BCUT2D eigenvalue weighted by Crippen LogP contribution is 2.36. The number of hydrogen-bond donors (Lipinski definition) is 4. The summed E-state index contributed by atoms with van der Waals surface area (Å²) in [5, 5.41) is 13.7. The lowest BCUT2D eigenvalue weighted by Gasteiger charge is -2.26. The van der Waals surface area contributed by atoms with Gasteiger partial charge in [0.1, 0.15) is 5.69 Å². The van der Waals surface area contributed by atoms with Crippen LogP contribution in [0.2, 0.25) is 0 Å². The summed E-state index contributed by atoms with van der Waals surface area (Å²) in [6.07, 6.45) is 1.72. The van der Waals surface area contributed by atoms with Gasteiger partial charge in [-0.15, -0.1) is 0 Å². The van der Waals surface area contributed by atoms with Gasteiger partial charge in [-0.2, -0.15) is 0 Å². The van der Waals surface area contributed by atoms with Crippen LogP contribution in [-0.2, 0) is 22.6 Å². The SMILES string of the molecule is CC(C(=O)Nc1ccc(CN)cc1)c1cccc2c(-c3ccc(CN4CCOCC4)nc3)c(C(=O)O)[nH]c12. The van der Waals surface area contributed by atoms with Gasteiger partial charge in [-0.3, -0.25) is 14.7 Å². The van der Waals surface area contributed by atoms with Crippen LogP contribution in [0.4, 0.5) is 5.69 Å². The quantitative estimate of drug-likeness (QED) is 0.280. The third kappa shape index (κ3) is 5.31. The highest BCUT2D eigenvalue weighted by atomic mass is 16.5. The van der Waals surface area contributed by atoms with E-state index in [-0.39, 0.29) is 11.6 Å². The van der Waals surface area contributed by atoms with Crippen molar-refractivity contribution in [3.63, 3.8) is 0 Å². The Morgan fingerprint density at radius 1 is 1.13 bits per heavy atom. The lowest BCUT2D eigenvalue weighted by molar-refractivity contribution is -0.117. The van der Waals surface area contributed by atoms with E-state index in [9.17, 15) is 14.7 Å². The molecular weight excluding hydrogens is 482 g/mol. The second-order valence-electron chi connectivity index (χ2n) is 9.49. The molecule has 1 amide bonds. The molecule has 5 N–H and O–H groups in total. The van der Waals surface area contributed by atoms with Crippen molar-refractivity contribution < 1.29 is 19.4 Å². The van der Waals surface area contributed by atoms with Crippen LogP contribution in [0.25, 0.3) is 22.0 Å². The van der Waals surface area contributed by atoms with Crippen molar-refractivity contribution in [3.05, 3.63) is 83.3 Å². The van der Waals surface area contributed by atoms with Crippen molar-refractivity contribution >= 4 is 28.5 Å². The molecule has 1 aliphatic rings. The lowest BCUT2D eigenvalue weighted by atomic mass is 9.95. The van der Waals surface area contributed by atoms with Gasteiger partial charge in [0.2, 0.25) is 5.91 Å². The highest BCUT2D eigenvalue weighted by molar-refractivity contribution is 6.09. The fourth-order valence-corrected chi connectivity index (χ4v) is 4.83. The number of H-pyrrole nitrogens is 1. The standard InChI is InChI=1S/C29H31N5O4/c1-18(28(35)32-21-8-5-19(15-30)6-9-21)23-3-2-4-24-25(27(29(36)37)33-26(23)24)20-7-10-22(31-16-20)17-34-11-13-38-14-12-34/h2-10,16,18,33H,11-15,17,30H2,1H3,(H,32,35)(H,36,37). The number of fused-ring (bicyclic) bond motifs is 1. The number of morpholine rings is 1. The molecule has 196 valence electrons. The molecule has 9 nitrogen and oxygen atoms in total. The van der Waals surface area contributed by atoms with Crippen LogP contribution in [-0.4, -0.2) is 58.2 Å². The number of carboxylic acids is 1. The molecule has 0 bridgehead atoms. The molecule has 1 saturated heterocycles. The normalized spacial score (nSPS) is 14.9. The molecular formula is C29H31N5O4. The largest absolute Gasteiger partial charge is 0.477 e. The first-order valence-electron chi connectivity index (χ1n) is 12.7. The minimum absolute atomic E-state index is 0.0696. The fraction of sp³-hybridized carbons (Fsp3) is 0.276. The number of pyridine rings is 1. The first kappa shape index (κ1) is 25.6. The molecule has 0 aliphatic carbocycles. The average molecular weight is 514 g/mol. The predicted octanol–water partition coefficient (Wildman–Crippen LogP) is 3.96. The van der Waals surface area contributed by atoms with Crippen LogP contribution in [0.5, 0.6) is 0 Å². The molecule has 0 radical (unpaired) electrons. The van der Waals surface area contributed by atoms with Crippen molar-refractivity contribution in [2.75, 3.05) is 31.6 Å². The van der Waals surface area contributed by atoms with Crippen LogP contribution < -0.4 is 11.1 Å². The maximum absolute atomic E-state index is 13.1. The Morgan fingerprint density at radius 3 is 2.55 bits per heavy atom. The number of anilines is 1. The second-order valence-corrected chi connectivity index (χ2v) is 9.49. The van der Waals surface area contributed by atoms with Gasteiger partial charge >= 0.3 is 5.97 Å². The Kier molecular flexibility index (Phi) is 7.50.